The third-order valence-corrected chi connectivity index (χ3v) is 7.04. The highest BCUT2D eigenvalue weighted by atomic mass is 35.5. The van der Waals surface area contributed by atoms with E-state index in [4.69, 9.17) is 28.2 Å². The van der Waals surface area contributed by atoms with Crippen LogP contribution in [0.25, 0.3) is 33.5 Å². The second kappa shape index (κ2) is 8.94. The van der Waals surface area contributed by atoms with Gasteiger partial charge in [0.1, 0.15) is 0 Å². The van der Waals surface area contributed by atoms with E-state index in [-0.39, 0.29) is 0 Å². The first-order valence-corrected chi connectivity index (χ1v) is 11.8. The summed E-state index contributed by atoms with van der Waals surface area (Å²) in [5.74, 6) is 1.52. The minimum Gasteiger partial charge on any atom is -0.305 e. The molecule has 0 spiro atoms. The predicted molar refractivity (Wildman–Crippen MR) is 133 cm³/mol. The molecule has 3 aromatic carbocycles. The number of benzene rings is 3. The quantitative estimate of drug-likeness (QED) is 0.249. The van der Waals surface area contributed by atoms with Gasteiger partial charge in [-0.2, -0.15) is 0 Å². The number of para-hydroxylation sites is 1. The number of thioether (sulfide) groups is 1. The number of fused-ring (bicyclic) bond motifs is 1. The summed E-state index contributed by atoms with van der Waals surface area (Å²) < 4.78 is 2.03. The number of aromatic nitrogens is 4. The minimum atomic E-state index is 0.556. The molecule has 0 aliphatic rings. The first kappa shape index (κ1) is 21.0. The highest BCUT2D eigenvalue weighted by Gasteiger charge is 2.16. The van der Waals surface area contributed by atoms with Crippen LogP contribution in [0.4, 0.5) is 0 Å². The smallest absolute Gasteiger partial charge is 0.191 e. The Bertz CT molecular complexity index is 1420. The Kier molecular flexibility index (Phi) is 5.87. The van der Waals surface area contributed by atoms with Crippen molar-refractivity contribution in [1.82, 2.24) is 19.7 Å². The van der Waals surface area contributed by atoms with Crippen LogP contribution in [0.1, 0.15) is 5.56 Å². The SMILES string of the molecule is Cn1c(SCc2ccc(Cl)c(Cl)c2)nnc1-c1cc(-c2ccccc2)nc2ccccc12. The fourth-order valence-electron chi connectivity index (χ4n) is 3.57. The van der Waals surface area contributed by atoms with Gasteiger partial charge in [-0.3, -0.25) is 0 Å². The number of hydrogen-bond donors (Lipinski definition) is 0. The van der Waals surface area contributed by atoms with Gasteiger partial charge in [-0.25, -0.2) is 4.98 Å². The van der Waals surface area contributed by atoms with Crippen molar-refractivity contribution in [3.05, 3.63) is 94.5 Å². The maximum absolute atomic E-state index is 6.15. The van der Waals surface area contributed by atoms with Crippen LogP contribution in [-0.2, 0) is 12.8 Å². The molecular weight excluding hydrogens is 459 g/mol. The van der Waals surface area contributed by atoms with Gasteiger partial charge < -0.3 is 4.57 Å². The summed E-state index contributed by atoms with van der Waals surface area (Å²) >= 11 is 13.8. The van der Waals surface area contributed by atoms with Crippen molar-refractivity contribution >= 4 is 45.9 Å². The van der Waals surface area contributed by atoms with Crippen molar-refractivity contribution in [1.29, 1.82) is 0 Å². The lowest BCUT2D eigenvalue weighted by Crippen LogP contribution is -1.97. The van der Waals surface area contributed by atoms with Crippen molar-refractivity contribution in [2.24, 2.45) is 7.05 Å². The Labute approximate surface area is 200 Å². The molecule has 2 aromatic heterocycles. The zero-order valence-corrected chi connectivity index (χ0v) is 19.5. The van der Waals surface area contributed by atoms with E-state index in [0.29, 0.717) is 10.0 Å². The Balaban J connectivity index is 1.53. The molecule has 0 bridgehead atoms. The van der Waals surface area contributed by atoms with Crippen molar-refractivity contribution in [2.75, 3.05) is 0 Å². The van der Waals surface area contributed by atoms with Crippen molar-refractivity contribution in [2.45, 2.75) is 10.9 Å². The number of pyridine rings is 1. The molecule has 7 heteroatoms. The molecule has 0 unspecified atom stereocenters. The fraction of sp³-hybridized carbons (Fsp3) is 0.0800. The van der Waals surface area contributed by atoms with E-state index < -0.39 is 0 Å². The summed E-state index contributed by atoms with van der Waals surface area (Å²) in [4.78, 5) is 4.87. The van der Waals surface area contributed by atoms with Gasteiger partial charge in [-0.1, -0.05) is 89.6 Å². The van der Waals surface area contributed by atoms with E-state index >= 15 is 0 Å². The van der Waals surface area contributed by atoms with Crippen LogP contribution in [-0.4, -0.2) is 19.7 Å². The van der Waals surface area contributed by atoms with Crippen LogP contribution < -0.4 is 0 Å². The third kappa shape index (κ3) is 4.11. The summed E-state index contributed by atoms with van der Waals surface area (Å²) in [6, 6.07) is 26.1. The van der Waals surface area contributed by atoms with Crippen LogP contribution in [0.5, 0.6) is 0 Å². The average molecular weight is 477 g/mol. The zero-order valence-electron chi connectivity index (χ0n) is 17.2. The number of nitrogens with zero attached hydrogens (tertiary/aromatic N) is 4. The van der Waals surface area contributed by atoms with Crippen LogP contribution in [0.15, 0.2) is 84.0 Å². The molecule has 0 saturated carbocycles. The molecule has 2 heterocycles. The zero-order chi connectivity index (χ0) is 22.1. The summed E-state index contributed by atoms with van der Waals surface area (Å²) in [7, 11) is 1.99. The minimum absolute atomic E-state index is 0.556. The molecule has 0 N–H and O–H groups in total. The Morgan fingerprint density at radius 2 is 1.62 bits per heavy atom. The first-order chi connectivity index (χ1) is 15.6. The molecule has 0 amide bonds. The topological polar surface area (TPSA) is 43.6 Å². The van der Waals surface area contributed by atoms with Crippen molar-refractivity contribution < 1.29 is 0 Å². The Morgan fingerprint density at radius 1 is 0.844 bits per heavy atom. The van der Waals surface area contributed by atoms with Crippen LogP contribution in [0, 0.1) is 0 Å². The van der Waals surface area contributed by atoms with Crippen molar-refractivity contribution in [3.63, 3.8) is 0 Å². The molecule has 5 rings (SSSR count). The van der Waals surface area contributed by atoms with Gasteiger partial charge in [-0.15, -0.1) is 10.2 Å². The molecule has 0 atom stereocenters. The largest absolute Gasteiger partial charge is 0.305 e. The highest BCUT2D eigenvalue weighted by molar-refractivity contribution is 7.98. The van der Waals surface area contributed by atoms with Gasteiger partial charge in [0, 0.05) is 29.3 Å². The molecule has 32 heavy (non-hydrogen) atoms. The van der Waals surface area contributed by atoms with E-state index in [1.165, 1.54) is 0 Å². The average Bonchev–Trinajstić information content (AvgIpc) is 3.19. The maximum Gasteiger partial charge on any atom is 0.191 e. The van der Waals surface area contributed by atoms with Gasteiger partial charge in [0.05, 0.1) is 21.3 Å². The lowest BCUT2D eigenvalue weighted by molar-refractivity contribution is 0.794. The van der Waals surface area contributed by atoms with E-state index in [0.717, 1.165) is 50.0 Å². The standard InChI is InChI=1S/C25H18Cl2N4S/c1-31-24(29-30-25(31)32-15-16-11-12-20(26)21(27)13-16)19-14-23(17-7-3-2-4-8-17)28-22-10-6-5-9-18(19)22/h2-14H,15H2,1H3. The summed E-state index contributed by atoms with van der Waals surface area (Å²) in [5, 5.41) is 12.0. The van der Waals surface area contributed by atoms with Crippen LogP contribution >= 0.6 is 35.0 Å². The van der Waals surface area contributed by atoms with Crippen LogP contribution in [0.2, 0.25) is 10.0 Å². The molecule has 0 aliphatic heterocycles. The molecule has 0 saturated heterocycles. The summed E-state index contributed by atoms with van der Waals surface area (Å²) in [5.41, 5.74) is 4.99. The highest BCUT2D eigenvalue weighted by Crippen LogP contribution is 2.33. The summed E-state index contributed by atoms with van der Waals surface area (Å²) in [6.45, 7) is 0. The van der Waals surface area contributed by atoms with E-state index in [1.807, 2.05) is 66.2 Å². The summed E-state index contributed by atoms with van der Waals surface area (Å²) in [6.07, 6.45) is 0. The van der Waals surface area contributed by atoms with Gasteiger partial charge in [-0.05, 0) is 29.8 Å². The lowest BCUT2D eigenvalue weighted by Gasteiger charge is -2.10. The molecule has 0 fully saturated rings. The monoisotopic (exact) mass is 476 g/mol. The van der Waals surface area contributed by atoms with E-state index in [9.17, 15) is 0 Å². The number of halogens is 2. The Morgan fingerprint density at radius 3 is 2.44 bits per heavy atom. The van der Waals surface area contributed by atoms with E-state index in [1.54, 1.807) is 11.8 Å². The van der Waals surface area contributed by atoms with Crippen molar-refractivity contribution in [3.8, 4) is 22.6 Å². The van der Waals surface area contributed by atoms with Gasteiger partial charge in [0.2, 0.25) is 0 Å². The second-order valence-corrected chi connectivity index (χ2v) is 9.10. The third-order valence-electron chi connectivity index (χ3n) is 5.21. The molecule has 158 valence electrons. The molecule has 4 nitrogen and oxygen atoms in total. The fourth-order valence-corrected chi connectivity index (χ4v) is 4.74. The predicted octanol–water partition coefficient (Wildman–Crippen LogP) is 7.30. The maximum atomic E-state index is 6.15. The second-order valence-electron chi connectivity index (χ2n) is 7.34. The van der Waals surface area contributed by atoms with E-state index in [2.05, 4.69) is 34.5 Å². The Hall–Kier alpha value is -2.86. The molecular formula is C25H18Cl2N4S. The van der Waals surface area contributed by atoms with Gasteiger partial charge in [0.15, 0.2) is 11.0 Å². The molecule has 0 aliphatic carbocycles. The molecule has 0 radical (unpaired) electrons. The van der Waals surface area contributed by atoms with Gasteiger partial charge in [0.25, 0.3) is 0 Å². The lowest BCUT2D eigenvalue weighted by atomic mass is 10.0. The number of hydrogen-bond acceptors (Lipinski definition) is 4. The van der Waals surface area contributed by atoms with Gasteiger partial charge >= 0.3 is 0 Å². The number of rotatable bonds is 5. The normalized spacial score (nSPS) is 11.2. The molecule has 5 aromatic rings. The van der Waals surface area contributed by atoms with Crippen LogP contribution in [0.3, 0.4) is 0 Å². The first-order valence-electron chi connectivity index (χ1n) is 10.0.